The zero-order valence-electron chi connectivity index (χ0n) is 10.9. The standard InChI is InChI=1S/C16H14N2O/c1-10-7-8-14(18-11(2)19)16-15(10)13-6-4-3-5-12(13)9-17-16/h3-9H,1-2H3,(H,18,19). The third kappa shape index (κ3) is 1.93. The van der Waals surface area contributed by atoms with Crippen molar-refractivity contribution in [3.8, 4) is 0 Å². The first-order valence-corrected chi connectivity index (χ1v) is 6.21. The van der Waals surface area contributed by atoms with Gasteiger partial charge in [-0.15, -0.1) is 0 Å². The fourth-order valence-electron chi connectivity index (χ4n) is 2.43. The van der Waals surface area contributed by atoms with Crippen LogP contribution in [0.3, 0.4) is 0 Å². The number of carbonyl (C=O) groups is 1. The molecule has 1 aromatic heterocycles. The normalized spacial score (nSPS) is 10.8. The summed E-state index contributed by atoms with van der Waals surface area (Å²) < 4.78 is 0. The van der Waals surface area contributed by atoms with Crippen LogP contribution < -0.4 is 5.32 Å². The number of nitrogens with one attached hydrogen (secondary N) is 1. The number of pyridine rings is 1. The second-order valence-corrected chi connectivity index (χ2v) is 4.68. The minimum absolute atomic E-state index is 0.0832. The summed E-state index contributed by atoms with van der Waals surface area (Å²) in [5.41, 5.74) is 2.76. The van der Waals surface area contributed by atoms with Crippen molar-refractivity contribution < 1.29 is 4.79 Å². The van der Waals surface area contributed by atoms with Crippen molar-refractivity contribution in [3.63, 3.8) is 0 Å². The summed E-state index contributed by atoms with van der Waals surface area (Å²) in [6.07, 6.45) is 1.85. The van der Waals surface area contributed by atoms with Gasteiger partial charge in [0.05, 0.1) is 11.2 Å². The summed E-state index contributed by atoms with van der Waals surface area (Å²) in [5, 5.41) is 6.21. The van der Waals surface area contributed by atoms with Crippen LogP contribution in [0, 0.1) is 6.92 Å². The van der Waals surface area contributed by atoms with E-state index in [2.05, 4.69) is 23.3 Å². The molecule has 0 radical (unpaired) electrons. The number of nitrogens with zero attached hydrogens (tertiary/aromatic N) is 1. The van der Waals surface area contributed by atoms with Crippen LogP contribution in [-0.2, 0) is 4.79 Å². The molecule has 1 amide bonds. The van der Waals surface area contributed by atoms with E-state index in [1.165, 1.54) is 6.92 Å². The van der Waals surface area contributed by atoms with Crippen LogP contribution in [-0.4, -0.2) is 10.9 Å². The Morgan fingerprint density at radius 2 is 1.95 bits per heavy atom. The maximum atomic E-state index is 11.3. The first-order valence-electron chi connectivity index (χ1n) is 6.21. The summed E-state index contributed by atoms with van der Waals surface area (Å²) >= 11 is 0. The Labute approximate surface area is 111 Å². The number of fused-ring (bicyclic) bond motifs is 3. The van der Waals surface area contributed by atoms with Gasteiger partial charge in [0.2, 0.25) is 5.91 Å². The first kappa shape index (κ1) is 11.7. The van der Waals surface area contributed by atoms with Crippen molar-refractivity contribution in [2.45, 2.75) is 13.8 Å². The molecule has 1 N–H and O–H groups in total. The Hall–Kier alpha value is -2.42. The van der Waals surface area contributed by atoms with Crippen molar-refractivity contribution in [2.75, 3.05) is 5.32 Å². The lowest BCUT2D eigenvalue weighted by atomic mass is 10.0. The summed E-state index contributed by atoms with van der Waals surface area (Å²) in [6, 6.07) is 12.1. The number of amides is 1. The first-order chi connectivity index (χ1) is 9.16. The van der Waals surface area contributed by atoms with Gasteiger partial charge in [0.1, 0.15) is 0 Å². The zero-order chi connectivity index (χ0) is 13.4. The molecule has 3 rings (SSSR count). The van der Waals surface area contributed by atoms with E-state index in [9.17, 15) is 4.79 Å². The molecule has 94 valence electrons. The molecule has 3 aromatic rings. The minimum Gasteiger partial charge on any atom is -0.324 e. The molecule has 0 bridgehead atoms. The second-order valence-electron chi connectivity index (χ2n) is 4.68. The zero-order valence-corrected chi connectivity index (χ0v) is 10.9. The average molecular weight is 250 g/mol. The van der Waals surface area contributed by atoms with Crippen molar-refractivity contribution in [2.24, 2.45) is 0 Å². The van der Waals surface area contributed by atoms with Crippen LogP contribution in [0.2, 0.25) is 0 Å². The SMILES string of the molecule is CC(=O)Nc1ccc(C)c2c1ncc1ccccc12. The van der Waals surface area contributed by atoms with E-state index in [1.807, 2.05) is 36.5 Å². The number of hydrogen-bond acceptors (Lipinski definition) is 2. The predicted molar refractivity (Wildman–Crippen MR) is 78.3 cm³/mol. The van der Waals surface area contributed by atoms with E-state index in [1.54, 1.807) is 0 Å². The summed E-state index contributed by atoms with van der Waals surface area (Å²) in [7, 11) is 0. The Morgan fingerprint density at radius 3 is 2.74 bits per heavy atom. The molecule has 0 saturated carbocycles. The molecule has 0 saturated heterocycles. The lowest BCUT2D eigenvalue weighted by molar-refractivity contribution is -0.114. The number of anilines is 1. The highest BCUT2D eigenvalue weighted by atomic mass is 16.1. The molecule has 0 aliphatic heterocycles. The molecule has 0 spiro atoms. The Balaban J connectivity index is 2.42. The van der Waals surface area contributed by atoms with Gasteiger partial charge in [-0.1, -0.05) is 30.3 Å². The molecule has 3 heteroatoms. The largest absolute Gasteiger partial charge is 0.324 e. The Bertz CT molecular complexity index is 793. The van der Waals surface area contributed by atoms with Crippen molar-refractivity contribution >= 4 is 33.3 Å². The number of hydrogen-bond donors (Lipinski definition) is 1. The minimum atomic E-state index is -0.0832. The van der Waals surface area contributed by atoms with Crippen LogP contribution >= 0.6 is 0 Å². The Kier molecular flexibility index (Phi) is 2.67. The maximum Gasteiger partial charge on any atom is 0.221 e. The highest BCUT2D eigenvalue weighted by Gasteiger charge is 2.09. The van der Waals surface area contributed by atoms with E-state index in [0.29, 0.717) is 0 Å². The Morgan fingerprint density at radius 1 is 1.16 bits per heavy atom. The molecule has 0 aliphatic rings. The fraction of sp³-hybridized carbons (Fsp3) is 0.125. The van der Waals surface area contributed by atoms with E-state index >= 15 is 0 Å². The number of rotatable bonds is 1. The van der Waals surface area contributed by atoms with Gasteiger partial charge < -0.3 is 5.32 Å². The van der Waals surface area contributed by atoms with Crippen molar-refractivity contribution in [1.82, 2.24) is 4.98 Å². The molecule has 1 heterocycles. The van der Waals surface area contributed by atoms with Crippen LogP contribution in [0.1, 0.15) is 12.5 Å². The highest BCUT2D eigenvalue weighted by Crippen LogP contribution is 2.30. The van der Waals surface area contributed by atoms with Crippen LogP contribution in [0.25, 0.3) is 21.7 Å². The van der Waals surface area contributed by atoms with Crippen LogP contribution in [0.5, 0.6) is 0 Å². The van der Waals surface area contributed by atoms with Gasteiger partial charge in [0, 0.05) is 23.9 Å². The van der Waals surface area contributed by atoms with Gasteiger partial charge in [-0.25, -0.2) is 0 Å². The molecule has 0 atom stereocenters. The van der Waals surface area contributed by atoms with E-state index < -0.39 is 0 Å². The summed E-state index contributed by atoms with van der Waals surface area (Å²) in [6.45, 7) is 3.57. The highest BCUT2D eigenvalue weighted by molar-refractivity contribution is 6.12. The van der Waals surface area contributed by atoms with Gasteiger partial charge in [0.15, 0.2) is 0 Å². The predicted octanol–water partition coefficient (Wildman–Crippen LogP) is 3.65. The third-order valence-corrected chi connectivity index (χ3v) is 3.26. The molecule has 2 aromatic carbocycles. The number of aryl methyl sites for hydroxylation is 1. The smallest absolute Gasteiger partial charge is 0.221 e. The molecular weight excluding hydrogens is 236 g/mol. The van der Waals surface area contributed by atoms with Crippen molar-refractivity contribution in [3.05, 3.63) is 48.2 Å². The van der Waals surface area contributed by atoms with Gasteiger partial charge in [0.25, 0.3) is 0 Å². The van der Waals surface area contributed by atoms with Crippen LogP contribution in [0.4, 0.5) is 5.69 Å². The number of carbonyl (C=O) groups excluding carboxylic acids is 1. The lowest BCUT2D eigenvalue weighted by Gasteiger charge is -2.11. The quantitative estimate of drug-likeness (QED) is 0.670. The number of benzene rings is 2. The molecule has 3 nitrogen and oxygen atoms in total. The molecule has 0 fully saturated rings. The fourth-order valence-corrected chi connectivity index (χ4v) is 2.43. The van der Waals surface area contributed by atoms with Gasteiger partial charge in [-0.05, 0) is 23.9 Å². The lowest BCUT2D eigenvalue weighted by Crippen LogP contribution is -2.06. The van der Waals surface area contributed by atoms with E-state index in [0.717, 1.165) is 32.9 Å². The van der Waals surface area contributed by atoms with Gasteiger partial charge in [-0.3, -0.25) is 9.78 Å². The topological polar surface area (TPSA) is 42.0 Å². The maximum absolute atomic E-state index is 11.3. The van der Waals surface area contributed by atoms with E-state index in [-0.39, 0.29) is 5.91 Å². The van der Waals surface area contributed by atoms with Crippen molar-refractivity contribution in [1.29, 1.82) is 0 Å². The van der Waals surface area contributed by atoms with E-state index in [4.69, 9.17) is 0 Å². The molecule has 0 unspecified atom stereocenters. The summed E-state index contributed by atoms with van der Waals surface area (Å²) in [4.78, 5) is 15.8. The second kappa shape index (κ2) is 4.35. The molecule has 19 heavy (non-hydrogen) atoms. The van der Waals surface area contributed by atoms with Crippen LogP contribution in [0.15, 0.2) is 42.6 Å². The monoisotopic (exact) mass is 250 g/mol. The third-order valence-electron chi connectivity index (χ3n) is 3.26. The van der Waals surface area contributed by atoms with Gasteiger partial charge in [-0.2, -0.15) is 0 Å². The van der Waals surface area contributed by atoms with Gasteiger partial charge >= 0.3 is 0 Å². The summed E-state index contributed by atoms with van der Waals surface area (Å²) in [5.74, 6) is -0.0832. The molecular formula is C16H14N2O. The number of aromatic nitrogens is 1. The average Bonchev–Trinajstić information content (AvgIpc) is 2.41. The molecule has 0 aliphatic carbocycles.